The minimum Gasteiger partial charge on any atom is -0.244 e. The Balaban J connectivity index is 2.77. The van der Waals surface area contributed by atoms with Crippen LogP contribution in [0.1, 0.15) is 26.5 Å². The first-order chi connectivity index (χ1) is 8.36. The second-order valence-electron chi connectivity index (χ2n) is 4.56. The molecule has 0 fully saturated rings. The lowest BCUT2D eigenvalue weighted by Crippen LogP contribution is -2.30. The number of nitriles is 1. The lowest BCUT2D eigenvalue weighted by atomic mass is 9.99. The van der Waals surface area contributed by atoms with Crippen molar-refractivity contribution in [2.75, 3.05) is 6.54 Å². The van der Waals surface area contributed by atoms with E-state index in [1.165, 1.54) is 18.3 Å². The van der Waals surface area contributed by atoms with Crippen molar-refractivity contribution in [2.45, 2.75) is 25.7 Å². The molecule has 1 unspecified atom stereocenters. The average molecular weight is 267 g/mol. The number of aromatic nitrogens is 1. The van der Waals surface area contributed by atoms with Crippen LogP contribution in [-0.4, -0.2) is 19.9 Å². The summed E-state index contributed by atoms with van der Waals surface area (Å²) in [6.07, 6.45) is 1.20. The Bertz CT molecular complexity index is 529. The van der Waals surface area contributed by atoms with Gasteiger partial charge in [0, 0.05) is 12.7 Å². The molecular formula is C12H17N3O2S. The van der Waals surface area contributed by atoms with Gasteiger partial charge >= 0.3 is 0 Å². The van der Waals surface area contributed by atoms with Crippen molar-refractivity contribution < 1.29 is 8.42 Å². The van der Waals surface area contributed by atoms with E-state index in [9.17, 15) is 8.42 Å². The third-order valence-electron chi connectivity index (χ3n) is 2.89. The van der Waals surface area contributed by atoms with Crippen LogP contribution < -0.4 is 4.72 Å². The van der Waals surface area contributed by atoms with Gasteiger partial charge in [0.15, 0.2) is 0 Å². The average Bonchev–Trinajstić information content (AvgIpc) is 2.36. The lowest BCUT2D eigenvalue weighted by Gasteiger charge is -2.16. The van der Waals surface area contributed by atoms with Crippen LogP contribution in [0.3, 0.4) is 0 Å². The summed E-state index contributed by atoms with van der Waals surface area (Å²) in [5, 5.41) is 8.59. The maximum Gasteiger partial charge on any atom is 0.242 e. The SMILES string of the molecule is CC(C)C(C)CNS(=O)(=O)c1ccc(C#N)nc1. The molecule has 1 aromatic heterocycles. The summed E-state index contributed by atoms with van der Waals surface area (Å²) in [6.45, 7) is 6.47. The first-order valence-corrected chi connectivity index (χ1v) is 7.21. The molecule has 5 nitrogen and oxygen atoms in total. The third kappa shape index (κ3) is 3.79. The van der Waals surface area contributed by atoms with E-state index >= 15 is 0 Å². The minimum atomic E-state index is -3.54. The van der Waals surface area contributed by atoms with Gasteiger partial charge in [0.25, 0.3) is 0 Å². The summed E-state index contributed by atoms with van der Waals surface area (Å²) < 4.78 is 26.4. The van der Waals surface area contributed by atoms with E-state index in [4.69, 9.17) is 5.26 Å². The van der Waals surface area contributed by atoms with Crippen molar-refractivity contribution in [3.63, 3.8) is 0 Å². The molecule has 1 rings (SSSR count). The number of pyridine rings is 1. The largest absolute Gasteiger partial charge is 0.244 e. The maximum atomic E-state index is 11.9. The molecule has 0 aliphatic rings. The van der Waals surface area contributed by atoms with Gasteiger partial charge in [0.1, 0.15) is 16.7 Å². The van der Waals surface area contributed by atoms with Crippen molar-refractivity contribution in [3.8, 4) is 6.07 Å². The standard InChI is InChI=1S/C12H17N3O2S/c1-9(2)10(3)7-15-18(16,17)12-5-4-11(6-13)14-8-12/h4-5,8-10,15H,7H2,1-3H3. The van der Waals surface area contributed by atoms with E-state index in [2.05, 4.69) is 9.71 Å². The molecule has 98 valence electrons. The van der Waals surface area contributed by atoms with E-state index < -0.39 is 10.0 Å². The van der Waals surface area contributed by atoms with E-state index in [1.807, 2.05) is 26.8 Å². The highest BCUT2D eigenvalue weighted by Crippen LogP contribution is 2.11. The van der Waals surface area contributed by atoms with Gasteiger partial charge in [0.05, 0.1) is 0 Å². The molecule has 0 bridgehead atoms. The van der Waals surface area contributed by atoms with E-state index in [0.29, 0.717) is 12.5 Å². The maximum absolute atomic E-state index is 11.9. The molecule has 0 aromatic carbocycles. The smallest absolute Gasteiger partial charge is 0.242 e. The van der Waals surface area contributed by atoms with Crippen LogP contribution in [0.2, 0.25) is 0 Å². The number of nitrogens with zero attached hydrogens (tertiary/aromatic N) is 2. The highest BCUT2D eigenvalue weighted by Gasteiger charge is 2.16. The van der Waals surface area contributed by atoms with Gasteiger partial charge in [-0.2, -0.15) is 5.26 Å². The highest BCUT2D eigenvalue weighted by molar-refractivity contribution is 7.89. The zero-order valence-corrected chi connectivity index (χ0v) is 11.5. The summed E-state index contributed by atoms with van der Waals surface area (Å²) >= 11 is 0. The molecule has 0 saturated carbocycles. The Labute approximate surface area is 108 Å². The zero-order chi connectivity index (χ0) is 13.8. The monoisotopic (exact) mass is 267 g/mol. The van der Waals surface area contributed by atoms with Crippen molar-refractivity contribution in [1.29, 1.82) is 5.26 Å². The summed E-state index contributed by atoms with van der Waals surface area (Å²) in [5.74, 6) is 0.665. The molecule has 6 heteroatoms. The molecule has 0 saturated heterocycles. The fraction of sp³-hybridized carbons (Fsp3) is 0.500. The summed E-state index contributed by atoms with van der Waals surface area (Å²) in [6, 6.07) is 4.62. The quantitative estimate of drug-likeness (QED) is 0.876. The Morgan fingerprint density at radius 3 is 2.50 bits per heavy atom. The predicted molar refractivity (Wildman–Crippen MR) is 68.1 cm³/mol. The highest BCUT2D eigenvalue weighted by atomic mass is 32.2. The molecule has 1 N–H and O–H groups in total. The number of sulfonamides is 1. The van der Waals surface area contributed by atoms with Gasteiger partial charge < -0.3 is 0 Å². The van der Waals surface area contributed by atoms with Crippen LogP contribution >= 0.6 is 0 Å². The van der Waals surface area contributed by atoms with E-state index in [0.717, 1.165) is 0 Å². The molecule has 0 amide bonds. The van der Waals surface area contributed by atoms with Crippen molar-refractivity contribution in [2.24, 2.45) is 11.8 Å². The Morgan fingerprint density at radius 2 is 2.06 bits per heavy atom. The van der Waals surface area contributed by atoms with Gasteiger partial charge in [0.2, 0.25) is 10.0 Å². The second-order valence-corrected chi connectivity index (χ2v) is 6.33. The van der Waals surface area contributed by atoms with Gasteiger partial charge in [-0.05, 0) is 24.0 Å². The van der Waals surface area contributed by atoms with E-state index in [1.54, 1.807) is 0 Å². The number of nitrogens with one attached hydrogen (secondary N) is 1. The van der Waals surface area contributed by atoms with Crippen LogP contribution in [0, 0.1) is 23.2 Å². The summed E-state index contributed by atoms with van der Waals surface area (Å²) in [4.78, 5) is 3.83. The third-order valence-corrected chi connectivity index (χ3v) is 4.30. The van der Waals surface area contributed by atoms with Crippen LogP contribution in [0.25, 0.3) is 0 Å². The van der Waals surface area contributed by atoms with E-state index in [-0.39, 0.29) is 16.5 Å². The molecular weight excluding hydrogens is 250 g/mol. The zero-order valence-electron chi connectivity index (χ0n) is 10.7. The molecule has 0 radical (unpaired) electrons. The molecule has 1 heterocycles. The molecule has 1 aromatic rings. The fourth-order valence-corrected chi connectivity index (χ4v) is 2.25. The van der Waals surface area contributed by atoms with Crippen LogP contribution in [-0.2, 0) is 10.0 Å². The number of rotatable bonds is 5. The Morgan fingerprint density at radius 1 is 1.39 bits per heavy atom. The summed E-state index contributed by atoms with van der Waals surface area (Å²) in [7, 11) is -3.54. The van der Waals surface area contributed by atoms with Gasteiger partial charge in [-0.25, -0.2) is 18.1 Å². The second kappa shape index (κ2) is 5.94. The van der Waals surface area contributed by atoms with Gasteiger partial charge in [-0.3, -0.25) is 0 Å². The van der Waals surface area contributed by atoms with Gasteiger partial charge in [-0.1, -0.05) is 20.8 Å². The molecule has 1 atom stereocenters. The molecule has 0 aliphatic heterocycles. The van der Waals surface area contributed by atoms with Crippen LogP contribution in [0.4, 0.5) is 0 Å². The topological polar surface area (TPSA) is 82.9 Å². The van der Waals surface area contributed by atoms with Crippen LogP contribution in [0.15, 0.2) is 23.2 Å². The molecule has 0 spiro atoms. The van der Waals surface area contributed by atoms with Crippen molar-refractivity contribution in [3.05, 3.63) is 24.0 Å². The van der Waals surface area contributed by atoms with Crippen molar-refractivity contribution >= 4 is 10.0 Å². The van der Waals surface area contributed by atoms with Gasteiger partial charge in [-0.15, -0.1) is 0 Å². The Hall–Kier alpha value is -1.45. The minimum absolute atomic E-state index is 0.0810. The number of hydrogen-bond acceptors (Lipinski definition) is 4. The van der Waals surface area contributed by atoms with Crippen LogP contribution in [0.5, 0.6) is 0 Å². The summed E-state index contributed by atoms with van der Waals surface area (Å²) in [5.41, 5.74) is 0.199. The van der Waals surface area contributed by atoms with Crippen molar-refractivity contribution in [1.82, 2.24) is 9.71 Å². The number of hydrogen-bond donors (Lipinski definition) is 1. The Kier molecular flexibility index (Phi) is 4.82. The lowest BCUT2D eigenvalue weighted by molar-refractivity contribution is 0.414. The normalized spacial score (nSPS) is 13.3. The molecule has 0 aliphatic carbocycles. The first kappa shape index (κ1) is 14.6. The predicted octanol–water partition coefficient (Wildman–Crippen LogP) is 1.52. The first-order valence-electron chi connectivity index (χ1n) is 5.72. The fourth-order valence-electron chi connectivity index (χ4n) is 1.17. The molecule has 18 heavy (non-hydrogen) atoms.